The molecular weight excluding hydrogens is 511 g/mol. The molecule has 0 aliphatic rings. The molecule has 1 amide bonds. The SMILES string of the molecule is Cc1c(SC(C)(C)C)cc(C(C)(C)C)c(O)c1C(=O)Nc1ccc(S(=O)(=O)C(F)(F)F)cc1Cl. The highest BCUT2D eigenvalue weighted by atomic mass is 35.5. The summed E-state index contributed by atoms with van der Waals surface area (Å²) in [5.74, 6) is -0.946. The van der Waals surface area contributed by atoms with Crippen molar-refractivity contribution in [2.75, 3.05) is 5.32 Å². The molecule has 2 aromatic carbocycles. The van der Waals surface area contributed by atoms with E-state index in [1.165, 1.54) is 11.8 Å². The van der Waals surface area contributed by atoms with Gasteiger partial charge in [-0.25, -0.2) is 8.42 Å². The topological polar surface area (TPSA) is 83.5 Å². The summed E-state index contributed by atoms with van der Waals surface area (Å²) in [6.45, 7) is 13.4. The average Bonchev–Trinajstić information content (AvgIpc) is 2.62. The second-order valence-corrected chi connectivity index (χ2v) is 14.0. The largest absolute Gasteiger partial charge is 0.507 e. The number of nitrogens with one attached hydrogen (secondary N) is 1. The maximum absolute atomic E-state index is 13.2. The van der Waals surface area contributed by atoms with Crippen molar-refractivity contribution in [3.05, 3.63) is 46.0 Å². The highest BCUT2D eigenvalue weighted by Crippen LogP contribution is 2.43. The number of halogens is 4. The first-order valence-corrected chi connectivity index (χ1v) is 12.8. The van der Waals surface area contributed by atoms with Crippen LogP contribution < -0.4 is 5.32 Å². The number of carbonyl (C=O) groups is 1. The van der Waals surface area contributed by atoms with E-state index in [-0.39, 0.29) is 21.7 Å². The molecule has 0 unspecified atom stereocenters. The van der Waals surface area contributed by atoms with E-state index >= 15 is 0 Å². The normalized spacial score (nSPS) is 13.1. The van der Waals surface area contributed by atoms with Crippen LogP contribution in [-0.2, 0) is 15.3 Å². The Morgan fingerprint density at radius 2 is 1.62 bits per heavy atom. The zero-order valence-corrected chi connectivity index (χ0v) is 22.2. The van der Waals surface area contributed by atoms with Crippen molar-refractivity contribution in [2.45, 2.75) is 73.9 Å². The Balaban J connectivity index is 2.57. The summed E-state index contributed by atoms with van der Waals surface area (Å²) in [5.41, 5.74) is -5.01. The smallest absolute Gasteiger partial charge is 0.501 e. The zero-order chi connectivity index (χ0) is 26.4. The summed E-state index contributed by atoms with van der Waals surface area (Å²) in [6.07, 6.45) is 0. The van der Waals surface area contributed by atoms with E-state index in [0.29, 0.717) is 23.3 Å². The number of aromatic hydroxyl groups is 1. The fourth-order valence-electron chi connectivity index (χ4n) is 3.11. The van der Waals surface area contributed by atoms with Gasteiger partial charge in [0.15, 0.2) is 0 Å². The van der Waals surface area contributed by atoms with Crippen LogP contribution in [0.5, 0.6) is 5.75 Å². The molecule has 0 fully saturated rings. The summed E-state index contributed by atoms with van der Waals surface area (Å²) < 4.78 is 61.6. The molecule has 0 saturated heterocycles. The second kappa shape index (κ2) is 9.28. The summed E-state index contributed by atoms with van der Waals surface area (Å²) in [4.78, 5) is 13.0. The Labute approximate surface area is 207 Å². The molecule has 11 heteroatoms. The Morgan fingerprint density at radius 3 is 2.06 bits per heavy atom. The Bertz CT molecular complexity index is 1230. The Morgan fingerprint density at radius 1 is 1.06 bits per heavy atom. The number of hydrogen-bond donors (Lipinski definition) is 2. The molecular formula is C23H27ClF3NO4S2. The van der Waals surface area contributed by atoms with E-state index in [2.05, 4.69) is 5.32 Å². The summed E-state index contributed by atoms with van der Waals surface area (Å²) in [5, 5.41) is 13.1. The number of benzene rings is 2. The minimum atomic E-state index is -5.59. The third-order valence-corrected chi connectivity index (χ3v) is 7.82. The van der Waals surface area contributed by atoms with Crippen molar-refractivity contribution in [1.82, 2.24) is 0 Å². The van der Waals surface area contributed by atoms with Crippen LogP contribution in [0.4, 0.5) is 18.9 Å². The molecule has 0 heterocycles. The van der Waals surface area contributed by atoms with E-state index in [1.54, 1.807) is 6.92 Å². The van der Waals surface area contributed by atoms with Crippen molar-refractivity contribution < 1.29 is 31.5 Å². The second-order valence-electron chi connectivity index (χ2n) is 9.78. The number of rotatable bonds is 4. The highest BCUT2D eigenvalue weighted by molar-refractivity contribution is 8.00. The molecule has 0 aromatic heterocycles. The van der Waals surface area contributed by atoms with Crippen molar-refractivity contribution in [2.24, 2.45) is 0 Å². The number of alkyl halides is 3. The van der Waals surface area contributed by atoms with Gasteiger partial charge in [0, 0.05) is 15.2 Å². The minimum Gasteiger partial charge on any atom is -0.507 e. The fourth-order valence-corrected chi connectivity index (χ4v) is 5.28. The van der Waals surface area contributed by atoms with Crippen LogP contribution in [0.1, 0.15) is 63.0 Å². The van der Waals surface area contributed by atoms with Crippen LogP contribution in [0.15, 0.2) is 34.1 Å². The third kappa shape index (κ3) is 6.01. The monoisotopic (exact) mass is 537 g/mol. The van der Waals surface area contributed by atoms with Gasteiger partial charge in [-0.2, -0.15) is 13.2 Å². The standard InChI is InChI=1S/C23H27ClF3NO4S2/c1-12-17(33-22(5,6)7)11-14(21(2,3)4)19(29)18(12)20(30)28-16-9-8-13(10-15(16)24)34(31,32)23(25,26)27/h8-11,29H,1-7H3,(H,28,30). The van der Waals surface area contributed by atoms with E-state index in [1.807, 2.05) is 47.6 Å². The number of phenols is 1. The summed E-state index contributed by atoms with van der Waals surface area (Å²) in [6, 6.07) is 4.16. The molecule has 2 rings (SSSR count). The van der Waals surface area contributed by atoms with Gasteiger partial charge in [0.1, 0.15) is 5.75 Å². The third-order valence-electron chi connectivity index (χ3n) is 4.77. The number of amides is 1. The predicted octanol–water partition coefficient (Wildman–Crippen LogP) is 7.09. The molecule has 0 aliphatic heterocycles. The van der Waals surface area contributed by atoms with Gasteiger partial charge in [-0.3, -0.25) is 4.79 Å². The first-order valence-electron chi connectivity index (χ1n) is 10.1. The number of anilines is 1. The van der Waals surface area contributed by atoms with Gasteiger partial charge in [0.05, 0.1) is 21.2 Å². The molecule has 0 aliphatic carbocycles. The zero-order valence-electron chi connectivity index (χ0n) is 19.8. The Hall–Kier alpha value is -1.91. The highest BCUT2D eigenvalue weighted by Gasteiger charge is 2.47. The van der Waals surface area contributed by atoms with Gasteiger partial charge >= 0.3 is 5.51 Å². The summed E-state index contributed by atoms with van der Waals surface area (Å²) >= 11 is 7.53. The molecule has 0 radical (unpaired) electrons. The van der Waals surface area contributed by atoms with Gasteiger partial charge < -0.3 is 10.4 Å². The van der Waals surface area contributed by atoms with Crippen molar-refractivity contribution in [3.63, 3.8) is 0 Å². The van der Waals surface area contributed by atoms with E-state index in [9.17, 15) is 31.5 Å². The predicted molar refractivity (Wildman–Crippen MR) is 130 cm³/mol. The van der Waals surface area contributed by atoms with Crippen molar-refractivity contribution >= 4 is 44.8 Å². The molecule has 0 atom stereocenters. The number of phenolic OH excluding ortho intramolecular Hbond substituents is 1. The van der Waals surface area contributed by atoms with Crippen LogP contribution in [0, 0.1) is 6.92 Å². The van der Waals surface area contributed by atoms with Crippen LogP contribution in [0.3, 0.4) is 0 Å². The van der Waals surface area contributed by atoms with Gasteiger partial charge in [-0.15, -0.1) is 11.8 Å². The molecule has 0 bridgehead atoms. The number of carbonyl (C=O) groups excluding carboxylic acids is 1. The van der Waals surface area contributed by atoms with Gasteiger partial charge in [0.25, 0.3) is 15.7 Å². The van der Waals surface area contributed by atoms with Gasteiger partial charge in [0.2, 0.25) is 0 Å². The average molecular weight is 538 g/mol. The maximum atomic E-state index is 13.2. The van der Waals surface area contributed by atoms with E-state index < -0.39 is 36.6 Å². The van der Waals surface area contributed by atoms with E-state index in [4.69, 9.17) is 11.6 Å². The van der Waals surface area contributed by atoms with Crippen LogP contribution >= 0.6 is 23.4 Å². The number of hydrogen-bond acceptors (Lipinski definition) is 5. The molecule has 2 N–H and O–H groups in total. The maximum Gasteiger partial charge on any atom is 0.501 e. The van der Waals surface area contributed by atoms with Crippen LogP contribution in [0.2, 0.25) is 5.02 Å². The molecule has 0 spiro atoms. The van der Waals surface area contributed by atoms with Crippen LogP contribution in [-0.4, -0.2) is 29.7 Å². The lowest BCUT2D eigenvalue weighted by molar-refractivity contribution is -0.0436. The lowest BCUT2D eigenvalue weighted by atomic mass is 9.84. The Kier molecular flexibility index (Phi) is 7.73. The number of thioether (sulfide) groups is 1. The molecule has 0 saturated carbocycles. The number of sulfone groups is 1. The van der Waals surface area contributed by atoms with Crippen molar-refractivity contribution in [3.8, 4) is 5.75 Å². The molecule has 34 heavy (non-hydrogen) atoms. The summed E-state index contributed by atoms with van der Waals surface area (Å²) in [7, 11) is -5.59. The van der Waals surface area contributed by atoms with E-state index in [0.717, 1.165) is 11.0 Å². The molecule has 188 valence electrons. The molecule has 2 aromatic rings. The minimum absolute atomic E-state index is 0.00207. The lowest BCUT2D eigenvalue weighted by Gasteiger charge is -2.27. The molecule has 5 nitrogen and oxygen atoms in total. The first kappa shape index (κ1) is 28.3. The van der Waals surface area contributed by atoms with Crippen molar-refractivity contribution in [1.29, 1.82) is 0 Å². The quantitative estimate of drug-likeness (QED) is 0.407. The fraction of sp³-hybridized carbons (Fsp3) is 0.435. The van der Waals surface area contributed by atoms with Crippen LogP contribution in [0.25, 0.3) is 0 Å². The lowest BCUT2D eigenvalue weighted by Crippen LogP contribution is -2.23. The van der Waals surface area contributed by atoms with Gasteiger partial charge in [-0.1, -0.05) is 53.1 Å². The first-order chi connectivity index (χ1) is 15.2. The van der Waals surface area contributed by atoms with Gasteiger partial charge in [-0.05, 0) is 42.2 Å².